The second-order valence-electron chi connectivity index (χ2n) is 11.4. The molecule has 16 heteroatoms. The largest absolute Gasteiger partial charge is 0.394 e. The summed E-state index contributed by atoms with van der Waals surface area (Å²) in [4.78, 5) is 0. The normalized spacial score (nSPS) is 39.5. The smallest absolute Gasteiger partial charge is 0.187 e. The van der Waals surface area contributed by atoms with Gasteiger partial charge in [-0.3, -0.25) is 0 Å². The molecule has 15 atom stereocenters. The molecule has 0 amide bonds. The van der Waals surface area contributed by atoms with E-state index in [1.165, 1.54) is 0 Å². The van der Waals surface area contributed by atoms with E-state index < -0.39 is 112 Å². The van der Waals surface area contributed by atoms with Gasteiger partial charge in [-0.15, -0.1) is 6.58 Å². The molecular weight excluding hydrogens is 592 g/mol. The van der Waals surface area contributed by atoms with Crippen LogP contribution in [0.25, 0.3) is 0 Å². The van der Waals surface area contributed by atoms with E-state index in [4.69, 9.17) is 33.5 Å². The van der Waals surface area contributed by atoms with Crippen LogP contribution in [0.4, 0.5) is 0 Å². The third-order valence-electron chi connectivity index (χ3n) is 8.09. The molecule has 0 saturated carbocycles. The minimum atomic E-state index is -1.71. The Balaban J connectivity index is 1.45. The summed E-state index contributed by atoms with van der Waals surface area (Å²) in [5, 5.41) is 101. The fraction of sp³-hybridized carbons (Fsp3) is 0.929. The molecule has 3 rings (SSSR count). The van der Waals surface area contributed by atoms with Crippen LogP contribution in [0.15, 0.2) is 12.7 Å². The topological polar surface area (TPSA) is 258 Å². The first-order valence-corrected chi connectivity index (χ1v) is 15.2. The lowest BCUT2D eigenvalue weighted by atomic mass is 10.1. The second-order valence-corrected chi connectivity index (χ2v) is 11.4. The van der Waals surface area contributed by atoms with Crippen molar-refractivity contribution >= 4 is 0 Å². The standard InChI is InChI=1S/C28H50O16/c1-2-3-4-5-6-7-8-9-10-39-26-21(37)19(35)25(44-26)16(12-30)41-28-22(38)18(34)24(43-28)15(32)13-40-27-20(36)17(33)23(42-27)14(31)11-29/h2,14-38H,1,3-13H2/t14-,15-,16-,17-,18-,19-,20-,21-,22-,23+,24+,25+,26-,27-,28-/m1/s1. The summed E-state index contributed by atoms with van der Waals surface area (Å²) in [6, 6.07) is 0. The molecule has 0 unspecified atom stereocenters. The van der Waals surface area contributed by atoms with Crippen LogP contribution in [0, 0.1) is 0 Å². The summed E-state index contributed by atoms with van der Waals surface area (Å²) in [7, 11) is 0. The maximum absolute atomic E-state index is 10.6. The van der Waals surface area contributed by atoms with E-state index in [1.807, 2.05) is 6.08 Å². The molecule has 10 N–H and O–H groups in total. The summed E-state index contributed by atoms with van der Waals surface area (Å²) in [5.41, 5.74) is 0. The summed E-state index contributed by atoms with van der Waals surface area (Å²) < 4.78 is 32.8. The Labute approximate surface area is 256 Å². The molecule has 0 spiro atoms. The predicted octanol–water partition coefficient (Wildman–Crippen LogP) is -3.63. The van der Waals surface area contributed by atoms with E-state index in [2.05, 4.69) is 6.58 Å². The number of aliphatic hydroxyl groups excluding tert-OH is 10. The molecule has 0 aromatic heterocycles. The number of aliphatic hydroxyl groups is 10. The molecule has 0 aromatic carbocycles. The summed E-state index contributed by atoms with van der Waals surface area (Å²) in [6.45, 7) is 1.89. The lowest BCUT2D eigenvalue weighted by Gasteiger charge is -2.28. The zero-order valence-corrected chi connectivity index (χ0v) is 24.6. The predicted molar refractivity (Wildman–Crippen MR) is 148 cm³/mol. The molecule has 0 aromatic rings. The highest BCUT2D eigenvalue weighted by molar-refractivity contribution is 4.95. The quantitative estimate of drug-likeness (QED) is 0.0454. The minimum absolute atomic E-state index is 0.279. The Bertz CT molecular complexity index is 823. The molecule has 3 aliphatic heterocycles. The first-order valence-electron chi connectivity index (χ1n) is 15.2. The molecule has 3 aliphatic rings. The molecule has 3 saturated heterocycles. The lowest BCUT2D eigenvalue weighted by molar-refractivity contribution is -0.247. The fourth-order valence-electron chi connectivity index (χ4n) is 5.43. The monoisotopic (exact) mass is 642 g/mol. The lowest BCUT2D eigenvalue weighted by Crippen LogP contribution is -2.46. The number of ether oxygens (including phenoxy) is 6. The van der Waals surface area contributed by atoms with Gasteiger partial charge >= 0.3 is 0 Å². The molecular formula is C28H50O16. The molecule has 16 nitrogen and oxygen atoms in total. The Morgan fingerprint density at radius 3 is 1.70 bits per heavy atom. The van der Waals surface area contributed by atoms with Crippen LogP contribution < -0.4 is 0 Å². The number of hydrogen-bond donors (Lipinski definition) is 10. The van der Waals surface area contributed by atoms with Gasteiger partial charge in [0.1, 0.15) is 73.2 Å². The average Bonchev–Trinajstić information content (AvgIpc) is 3.58. The van der Waals surface area contributed by atoms with Crippen LogP contribution >= 0.6 is 0 Å². The van der Waals surface area contributed by atoms with Gasteiger partial charge in [0.2, 0.25) is 0 Å². The van der Waals surface area contributed by atoms with Crippen molar-refractivity contribution < 1.29 is 79.5 Å². The Hall–Kier alpha value is -0.900. The van der Waals surface area contributed by atoms with Gasteiger partial charge < -0.3 is 79.5 Å². The molecule has 0 bridgehead atoms. The number of allylic oxidation sites excluding steroid dienone is 1. The molecule has 3 heterocycles. The first-order chi connectivity index (χ1) is 21.0. The molecule has 44 heavy (non-hydrogen) atoms. The third kappa shape index (κ3) is 9.57. The highest BCUT2D eigenvalue weighted by Crippen LogP contribution is 2.31. The van der Waals surface area contributed by atoms with E-state index in [1.54, 1.807) is 0 Å². The van der Waals surface area contributed by atoms with E-state index >= 15 is 0 Å². The van der Waals surface area contributed by atoms with Crippen LogP contribution in [-0.4, -0.2) is 170 Å². The van der Waals surface area contributed by atoms with E-state index in [0.717, 1.165) is 44.9 Å². The number of rotatable bonds is 20. The molecule has 0 radical (unpaired) electrons. The Kier molecular flexibility index (Phi) is 15.7. The van der Waals surface area contributed by atoms with Crippen molar-refractivity contribution in [1.29, 1.82) is 0 Å². The van der Waals surface area contributed by atoms with Crippen molar-refractivity contribution in [1.82, 2.24) is 0 Å². The maximum atomic E-state index is 10.6. The van der Waals surface area contributed by atoms with Crippen LogP contribution in [-0.2, 0) is 28.4 Å². The first kappa shape index (κ1) is 37.6. The van der Waals surface area contributed by atoms with Crippen LogP contribution in [0.2, 0.25) is 0 Å². The van der Waals surface area contributed by atoms with Crippen molar-refractivity contribution in [2.24, 2.45) is 0 Å². The number of hydrogen-bond acceptors (Lipinski definition) is 16. The van der Waals surface area contributed by atoms with Crippen molar-refractivity contribution in [3.8, 4) is 0 Å². The van der Waals surface area contributed by atoms with E-state index in [-0.39, 0.29) is 6.61 Å². The maximum Gasteiger partial charge on any atom is 0.187 e. The SMILES string of the molecule is C=CCCCCCCCCO[C@@H]1O[C@@H]([C@@H](CO)O[C@@H]2O[C@@H]([C@H](O)CO[C@@H]3O[C@@H]([C@H](O)CO)[C@H](O)[C@H]3O)[C@H](O)[C@H]2O)[C@H](O)[C@H]1O. The second kappa shape index (κ2) is 18.4. The zero-order valence-electron chi connectivity index (χ0n) is 24.6. The van der Waals surface area contributed by atoms with Crippen molar-refractivity contribution in [2.75, 3.05) is 26.4 Å². The van der Waals surface area contributed by atoms with Gasteiger partial charge in [-0.2, -0.15) is 0 Å². The Morgan fingerprint density at radius 1 is 0.591 bits per heavy atom. The van der Waals surface area contributed by atoms with Gasteiger partial charge in [0.15, 0.2) is 18.9 Å². The van der Waals surface area contributed by atoms with Crippen molar-refractivity contribution in [3.05, 3.63) is 12.7 Å². The highest BCUT2D eigenvalue weighted by atomic mass is 16.7. The molecule has 0 aliphatic carbocycles. The zero-order chi connectivity index (χ0) is 32.4. The van der Waals surface area contributed by atoms with Crippen molar-refractivity contribution in [3.63, 3.8) is 0 Å². The summed E-state index contributed by atoms with van der Waals surface area (Å²) in [6.07, 6.45) is -13.5. The van der Waals surface area contributed by atoms with Gasteiger partial charge in [-0.05, 0) is 19.3 Å². The van der Waals surface area contributed by atoms with Gasteiger partial charge in [0, 0.05) is 6.61 Å². The van der Waals surface area contributed by atoms with Gasteiger partial charge in [0.05, 0.1) is 19.8 Å². The van der Waals surface area contributed by atoms with Crippen LogP contribution in [0.5, 0.6) is 0 Å². The van der Waals surface area contributed by atoms with Gasteiger partial charge in [-0.25, -0.2) is 0 Å². The van der Waals surface area contributed by atoms with Crippen molar-refractivity contribution in [2.45, 2.75) is 137 Å². The number of unbranched alkanes of at least 4 members (excludes halogenated alkanes) is 6. The van der Waals surface area contributed by atoms with Crippen LogP contribution in [0.3, 0.4) is 0 Å². The highest BCUT2D eigenvalue weighted by Gasteiger charge is 2.52. The van der Waals surface area contributed by atoms with E-state index in [9.17, 15) is 46.0 Å². The van der Waals surface area contributed by atoms with Gasteiger partial charge in [-0.1, -0.05) is 31.8 Å². The summed E-state index contributed by atoms with van der Waals surface area (Å²) in [5.74, 6) is 0. The molecule has 3 fully saturated rings. The molecule has 258 valence electrons. The van der Waals surface area contributed by atoms with Crippen LogP contribution in [0.1, 0.15) is 44.9 Å². The average molecular weight is 643 g/mol. The third-order valence-corrected chi connectivity index (χ3v) is 8.09. The minimum Gasteiger partial charge on any atom is -0.394 e. The van der Waals surface area contributed by atoms with Gasteiger partial charge in [0.25, 0.3) is 0 Å². The Morgan fingerprint density at radius 2 is 1.09 bits per heavy atom. The van der Waals surface area contributed by atoms with E-state index in [0.29, 0.717) is 0 Å². The summed E-state index contributed by atoms with van der Waals surface area (Å²) >= 11 is 0. The fourth-order valence-corrected chi connectivity index (χ4v) is 5.43.